The molecule has 120 valence electrons. The van der Waals surface area contributed by atoms with Crippen LogP contribution >= 0.6 is 0 Å². The monoisotopic (exact) mass is 308 g/mol. The standard InChI is InChI=1S/C20H24N2O/c1-14(8-10-21)16-4-3-5-17(12-16)18-6-7-20-19(13-18)9-11-22(20)15(2)23/h3-7,12-14H,8-11,21H2,1-2H3. The lowest BCUT2D eigenvalue weighted by Crippen LogP contribution is -2.25. The first-order valence-electron chi connectivity index (χ1n) is 8.31. The molecule has 0 saturated carbocycles. The van der Waals surface area contributed by atoms with Crippen molar-refractivity contribution >= 4 is 11.6 Å². The van der Waals surface area contributed by atoms with Crippen molar-refractivity contribution in [3.63, 3.8) is 0 Å². The van der Waals surface area contributed by atoms with Crippen molar-refractivity contribution in [1.82, 2.24) is 0 Å². The van der Waals surface area contributed by atoms with Crippen molar-refractivity contribution in [3.8, 4) is 11.1 Å². The first-order chi connectivity index (χ1) is 11.1. The van der Waals surface area contributed by atoms with Crippen LogP contribution in [0.25, 0.3) is 11.1 Å². The van der Waals surface area contributed by atoms with Gasteiger partial charge in [-0.15, -0.1) is 0 Å². The minimum Gasteiger partial charge on any atom is -0.330 e. The van der Waals surface area contributed by atoms with E-state index >= 15 is 0 Å². The molecule has 3 nitrogen and oxygen atoms in total. The van der Waals surface area contributed by atoms with Crippen molar-refractivity contribution in [2.24, 2.45) is 5.73 Å². The topological polar surface area (TPSA) is 46.3 Å². The third-order valence-corrected chi connectivity index (χ3v) is 4.74. The molecular weight excluding hydrogens is 284 g/mol. The molecule has 3 rings (SSSR count). The van der Waals surface area contributed by atoms with Gasteiger partial charge in [0.15, 0.2) is 0 Å². The number of rotatable bonds is 4. The lowest BCUT2D eigenvalue weighted by atomic mass is 9.93. The summed E-state index contributed by atoms with van der Waals surface area (Å²) < 4.78 is 0. The van der Waals surface area contributed by atoms with Crippen LogP contribution in [0.3, 0.4) is 0 Å². The maximum atomic E-state index is 11.7. The molecule has 0 aliphatic carbocycles. The molecule has 1 aliphatic rings. The number of carbonyl (C=O) groups excluding carboxylic acids is 1. The van der Waals surface area contributed by atoms with Crippen molar-refractivity contribution in [2.45, 2.75) is 32.6 Å². The molecule has 2 N–H and O–H groups in total. The number of benzene rings is 2. The van der Waals surface area contributed by atoms with Crippen molar-refractivity contribution in [3.05, 3.63) is 53.6 Å². The average Bonchev–Trinajstić information content (AvgIpc) is 2.98. The number of hydrogen-bond acceptors (Lipinski definition) is 2. The highest BCUT2D eigenvalue weighted by atomic mass is 16.2. The molecule has 1 heterocycles. The first kappa shape index (κ1) is 15.8. The highest BCUT2D eigenvalue weighted by Gasteiger charge is 2.22. The van der Waals surface area contributed by atoms with E-state index in [1.165, 1.54) is 22.3 Å². The van der Waals surface area contributed by atoms with Crippen LogP contribution in [-0.2, 0) is 11.2 Å². The Hall–Kier alpha value is -2.13. The van der Waals surface area contributed by atoms with E-state index in [4.69, 9.17) is 5.73 Å². The maximum Gasteiger partial charge on any atom is 0.223 e. The van der Waals surface area contributed by atoms with Crippen molar-refractivity contribution in [1.29, 1.82) is 0 Å². The lowest BCUT2D eigenvalue weighted by molar-refractivity contribution is -0.116. The van der Waals surface area contributed by atoms with Gasteiger partial charge in [-0.05, 0) is 59.7 Å². The highest BCUT2D eigenvalue weighted by Crippen LogP contribution is 2.33. The fourth-order valence-electron chi connectivity index (χ4n) is 3.35. The molecule has 1 amide bonds. The van der Waals surface area contributed by atoms with Gasteiger partial charge in [0.1, 0.15) is 0 Å². The van der Waals surface area contributed by atoms with Crippen LogP contribution in [0.5, 0.6) is 0 Å². The number of hydrogen-bond donors (Lipinski definition) is 1. The van der Waals surface area contributed by atoms with Crippen LogP contribution in [0, 0.1) is 0 Å². The Morgan fingerprint density at radius 3 is 2.74 bits per heavy atom. The van der Waals surface area contributed by atoms with Crippen LogP contribution < -0.4 is 10.6 Å². The SMILES string of the molecule is CC(=O)N1CCc2cc(-c3cccc(C(C)CCN)c3)ccc21. The minimum atomic E-state index is 0.120. The molecule has 2 aromatic carbocycles. The third-order valence-electron chi connectivity index (χ3n) is 4.74. The second-order valence-electron chi connectivity index (χ2n) is 6.37. The second-order valence-corrected chi connectivity index (χ2v) is 6.37. The summed E-state index contributed by atoms with van der Waals surface area (Å²) in [6.07, 6.45) is 1.94. The first-order valence-corrected chi connectivity index (χ1v) is 8.31. The molecule has 3 heteroatoms. The molecule has 1 aliphatic heterocycles. The van der Waals surface area contributed by atoms with E-state index in [2.05, 4.69) is 49.4 Å². The fourth-order valence-corrected chi connectivity index (χ4v) is 3.35. The quantitative estimate of drug-likeness (QED) is 0.936. The summed E-state index contributed by atoms with van der Waals surface area (Å²) in [6.45, 7) is 5.36. The zero-order valence-electron chi connectivity index (χ0n) is 13.9. The van der Waals surface area contributed by atoms with Crippen LogP contribution in [0.15, 0.2) is 42.5 Å². The largest absolute Gasteiger partial charge is 0.330 e. The van der Waals surface area contributed by atoms with Gasteiger partial charge < -0.3 is 10.6 Å². The van der Waals surface area contributed by atoms with Crippen LogP contribution in [-0.4, -0.2) is 19.0 Å². The summed E-state index contributed by atoms with van der Waals surface area (Å²) in [5.41, 5.74) is 11.8. The zero-order valence-corrected chi connectivity index (χ0v) is 13.9. The predicted molar refractivity (Wildman–Crippen MR) is 95.7 cm³/mol. The molecule has 0 spiro atoms. The molecule has 0 bridgehead atoms. The molecule has 0 radical (unpaired) electrons. The van der Waals surface area contributed by atoms with E-state index in [1.54, 1.807) is 6.92 Å². The Kier molecular flexibility index (Phi) is 4.49. The molecular formula is C20H24N2O. The number of nitrogens with zero attached hydrogens (tertiary/aromatic N) is 1. The summed E-state index contributed by atoms with van der Waals surface area (Å²) in [6, 6.07) is 15.1. The van der Waals surface area contributed by atoms with E-state index in [0.717, 1.165) is 25.1 Å². The molecule has 2 aromatic rings. The Morgan fingerprint density at radius 1 is 1.22 bits per heavy atom. The van der Waals surface area contributed by atoms with E-state index in [0.29, 0.717) is 12.5 Å². The van der Waals surface area contributed by atoms with E-state index in [1.807, 2.05) is 4.90 Å². The zero-order chi connectivity index (χ0) is 16.4. The van der Waals surface area contributed by atoms with E-state index in [9.17, 15) is 4.79 Å². The number of fused-ring (bicyclic) bond motifs is 1. The number of amides is 1. The Balaban J connectivity index is 1.91. The van der Waals surface area contributed by atoms with Gasteiger partial charge in [-0.25, -0.2) is 0 Å². The molecule has 0 aromatic heterocycles. The molecule has 1 atom stereocenters. The number of carbonyl (C=O) groups is 1. The molecule has 0 saturated heterocycles. The van der Waals surface area contributed by atoms with Gasteiger partial charge in [-0.3, -0.25) is 4.79 Å². The molecule has 1 unspecified atom stereocenters. The molecule has 23 heavy (non-hydrogen) atoms. The number of nitrogens with two attached hydrogens (primary N) is 1. The normalized spacial score (nSPS) is 14.7. The minimum absolute atomic E-state index is 0.120. The summed E-state index contributed by atoms with van der Waals surface area (Å²) >= 11 is 0. The second kappa shape index (κ2) is 6.55. The summed E-state index contributed by atoms with van der Waals surface area (Å²) in [4.78, 5) is 13.5. The van der Waals surface area contributed by atoms with Gasteiger partial charge in [0, 0.05) is 19.2 Å². The number of anilines is 1. The lowest BCUT2D eigenvalue weighted by Gasteiger charge is -2.15. The van der Waals surface area contributed by atoms with Gasteiger partial charge in [0.05, 0.1) is 0 Å². The predicted octanol–water partition coefficient (Wildman–Crippen LogP) is 3.71. The third kappa shape index (κ3) is 3.15. The van der Waals surface area contributed by atoms with Crippen LogP contribution in [0.1, 0.15) is 37.3 Å². The molecule has 0 fully saturated rings. The van der Waals surface area contributed by atoms with Gasteiger partial charge >= 0.3 is 0 Å². The van der Waals surface area contributed by atoms with Crippen LogP contribution in [0.2, 0.25) is 0 Å². The highest BCUT2D eigenvalue weighted by molar-refractivity contribution is 5.94. The Bertz CT molecular complexity index is 723. The van der Waals surface area contributed by atoms with Crippen molar-refractivity contribution < 1.29 is 4.79 Å². The van der Waals surface area contributed by atoms with Crippen LogP contribution in [0.4, 0.5) is 5.69 Å². The van der Waals surface area contributed by atoms with E-state index < -0.39 is 0 Å². The Labute approximate surface area is 138 Å². The van der Waals surface area contributed by atoms with Gasteiger partial charge in [-0.1, -0.05) is 37.3 Å². The summed E-state index contributed by atoms with van der Waals surface area (Å²) in [5.74, 6) is 0.594. The van der Waals surface area contributed by atoms with Gasteiger partial charge in [0.25, 0.3) is 0 Å². The van der Waals surface area contributed by atoms with Gasteiger partial charge in [-0.2, -0.15) is 0 Å². The van der Waals surface area contributed by atoms with Crippen molar-refractivity contribution in [2.75, 3.05) is 18.0 Å². The summed E-state index contributed by atoms with van der Waals surface area (Å²) in [5, 5.41) is 0. The van der Waals surface area contributed by atoms with Gasteiger partial charge in [0.2, 0.25) is 5.91 Å². The Morgan fingerprint density at radius 2 is 2.00 bits per heavy atom. The average molecular weight is 308 g/mol. The maximum absolute atomic E-state index is 11.7. The van der Waals surface area contributed by atoms with E-state index in [-0.39, 0.29) is 5.91 Å². The summed E-state index contributed by atoms with van der Waals surface area (Å²) in [7, 11) is 0. The fraction of sp³-hybridized carbons (Fsp3) is 0.350. The smallest absolute Gasteiger partial charge is 0.223 e.